The van der Waals surface area contributed by atoms with E-state index in [9.17, 15) is 18.8 Å². The van der Waals surface area contributed by atoms with Crippen molar-refractivity contribution < 1.29 is 18.8 Å². The average Bonchev–Trinajstić information content (AvgIpc) is 3.11. The van der Waals surface area contributed by atoms with Crippen LogP contribution < -0.4 is 10.6 Å². The lowest BCUT2D eigenvalue weighted by Gasteiger charge is -2.22. The van der Waals surface area contributed by atoms with Crippen molar-refractivity contribution in [3.8, 4) is 0 Å². The predicted octanol–water partition coefficient (Wildman–Crippen LogP) is 2.81. The number of rotatable bonds is 3. The van der Waals surface area contributed by atoms with Crippen LogP contribution in [0.4, 0.5) is 14.9 Å². The van der Waals surface area contributed by atoms with Crippen molar-refractivity contribution >= 4 is 35.1 Å². The first-order valence-corrected chi connectivity index (χ1v) is 8.76. The Balaban J connectivity index is 1.53. The van der Waals surface area contributed by atoms with Crippen molar-refractivity contribution in [1.82, 2.24) is 10.2 Å². The number of benzene rings is 2. The number of hydrogen-bond acceptors (Lipinski definition) is 3. The Morgan fingerprint density at radius 1 is 1.26 bits per heavy atom. The van der Waals surface area contributed by atoms with Gasteiger partial charge in [-0.05, 0) is 42.2 Å². The lowest BCUT2D eigenvalue weighted by molar-refractivity contribution is -0.134. The molecule has 1 unspecified atom stereocenters. The molecule has 2 aliphatic rings. The summed E-state index contributed by atoms with van der Waals surface area (Å²) in [5.41, 5.74) is 0.876. The minimum atomic E-state index is -1.11. The molecule has 4 rings (SSSR count). The molecular weight excluding hydrogens is 373 g/mol. The lowest BCUT2D eigenvalue weighted by Crippen LogP contribution is -2.43. The quantitative estimate of drug-likeness (QED) is 0.795. The highest BCUT2D eigenvalue weighted by atomic mass is 35.5. The van der Waals surface area contributed by atoms with Gasteiger partial charge in [0.25, 0.3) is 5.91 Å². The van der Waals surface area contributed by atoms with E-state index in [2.05, 4.69) is 10.6 Å². The van der Waals surface area contributed by atoms with Crippen LogP contribution in [0.5, 0.6) is 0 Å². The average molecular weight is 388 g/mol. The third kappa shape index (κ3) is 2.84. The number of carbonyl (C=O) groups excluding carboxylic acids is 3. The molecule has 27 heavy (non-hydrogen) atoms. The minimum Gasteiger partial charge on any atom is -0.323 e. The van der Waals surface area contributed by atoms with Gasteiger partial charge in [0.2, 0.25) is 5.91 Å². The topological polar surface area (TPSA) is 78.5 Å². The second kappa shape index (κ2) is 6.35. The highest BCUT2D eigenvalue weighted by Crippen LogP contribution is 2.41. The highest BCUT2D eigenvalue weighted by Gasteiger charge is 2.55. The molecule has 2 N–H and O–H groups in total. The van der Waals surface area contributed by atoms with E-state index in [0.29, 0.717) is 12.8 Å². The molecule has 8 heteroatoms. The molecule has 0 bridgehead atoms. The molecule has 1 heterocycles. The zero-order valence-corrected chi connectivity index (χ0v) is 14.8. The summed E-state index contributed by atoms with van der Waals surface area (Å²) in [6.45, 7) is -0.456. The minimum absolute atomic E-state index is 0.0294. The van der Waals surface area contributed by atoms with Crippen molar-refractivity contribution in [2.45, 2.75) is 18.4 Å². The monoisotopic (exact) mass is 387 g/mol. The molecule has 0 aromatic heterocycles. The molecule has 2 aromatic rings. The number of nitrogens with zero attached hydrogens (tertiary/aromatic N) is 1. The number of amides is 4. The van der Waals surface area contributed by atoms with Crippen molar-refractivity contribution in [2.24, 2.45) is 0 Å². The zero-order chi connectivity index (χ0) is 19.2. The van der Waals surface area contributed by atoms with Gasteiger partial charge in [-0.1, -0.05) is 35.9 Å². The summed E-state index contributed by atoms with van der Waals surface area (Å²) in [4.78, 5) is 38.6. The lowest BCUT2D eigenvalue weighted by atomic mass is 9.92. The number of fused-ring (bicyclic) bond motifs is 2. The number of nitrogens with one attached hydrogen (secondary N) is 2. The van der Waals surface area contributed by atoms with Crippen LogP contribution >= 0.6 is 11.6 Å². The van der Waals surface area contributed by atoms with Crippen LogP contribution in [0.1, 0.15) is 17.5 Å². The number of aryl methyl sites for hydroxylation is 1. The van der Waals surface area contributed by atoms with Gasteiger partial charge in [0, 0.05) is 0 Å². The fourth-order valence-electron chi connectivity index (χ4n) is 3.66. The zero-order valence-electron chi connectivity index (χ0n) is 14.1. The second-order valence-corrected chi connectivity index (χ2v) is 6.96. The standard InChI is InChI=1S/C19H15ClFN3O3/c20-14-9-12(21)5-6-15(14)22-16(25)10-24-17(26)19(23-18(24)27)8-7-11-3-1-2-4-13(11)19/h1-6,9H,7-8,10H2,(H,22,25)(H,23,27). The predicted molar refractivity (Wildman–Crippen MR) is 96.7 cm³/mol. The number of carbonyl (C=O) groups is 3. The van der Waals surface area contributed by atoms with Crippen LogP contribution in [0.25, 0.3) is 0 Å². The van der Waals surface area contributed by atoms with Crippen LogP contribution in [0.3, 0.4) is 0 Å². The molecule has 6 nitrogen and oxygen atoms in total. The Hall–Kier alpha value is -2.93. The van der Waals surface area contributed by atoms with E-state index >= 15 is 0 Å². The van der Waals surface area contributed by atoms with E-state index in [-0.39, 0.29) is 10.7 Å². The van der Waals surface area contributed by atoms with Crippen molar-refractivity contribution in [2.75, 3.05) is 11.9 Å². The Bertz CT molecular complexity index is 980. The Morgan fingerprint density at radius 3 is 2.81 bits per heavy atom. The van der Waals surface area contributed by atoms with Crippen LogP contribution in [-0.4, -0.2) is 29.3 Å². The molecule has 1 spiro atoms. The molecule has 1 saturated heterocycles. The molecule has 1 aliphatic carbocycles. The number of imide groups is 1. The van der Waals surface area contributed by atoms with Gasteiger partial charge in [0.1, 0.15) is 17.9 Å². The molecule has 1 fully saturated rings. The fourth-order valence-corrected chi connectivity index (χ4v) is 3.87. The van der Waals surface area contributed by atoms with Gasteiger partial charge in [-0.2, -0.15) is 0 Å². The Kier molecular flexibility index (Phi) is 4.11. The number of hydrogen-bond donors (Lipinski definition) is 2. The van der Waals surface area contributed by atoms with Crippen LogP contribution in [0.2, 0.25) is 5.02 Å². The van der Waals surface area contributed by atoms with E-state index in [1.807, 2.05) is 24.3 Å². The highest BCUT2D eigenvalue weighted by molar-refractivity contribution is 6.33. The Morgan fingerprint density at radius 2 is 2.04 bits per heavy atom. The smallest absolute Gasteiger partial charge is 0.323 e. The fraction of sp³-hybridized carbons (Fsp3) is 0.211. The third-order valence-electron chi connectivity index (χ3n) is 4.93. The van der Waals surface area contributed by atoms with Gasteiger partial charge in [-0.3, -0.25) is 14.5 Å². The summed E-state index contributed by atoms with van der Waals surface area (Å²) in [5.74, 6) is -1.58. The van der Waals surface area contributed by atoms with Crippen LogP contribution in [0, 0.1) is 5.82 Å². The van der Waals surface area contributed by atoms with Crippen LogP contribution in [-0.2, 0) is 21.5 Å². The van der Waals surface area contributed by atoms with Crippen LogP contribution in [0.15, 0.2) is 42.5 Å². The van der Waals surface area contributed by atoms with E-state index < -0.39 is 35.7 Å². The maximum absolute atomic E-state index is 13.1. The first-order valence-electron chi connectivity index (χ1n) is 8.38. The van der Waals surface area contributed by atoms with Crippen molar-refractivity contribution in [3.63, 3.8) is 0 Å². The molecular formula is C19H15ClFN3O3. The largest absolute Gasteiger partial charge is 0.325 e. The first-order chi connectivity index (χ1) is 12.9. The SMILES string of the molecule is O=C(CN1C(=O)NC2(CCc3ccccc32)C1=O)Nc1ccc(F)cc1Cl. The molecule has 2 aromatic carbocycles. The number of anilines is 1. The van der Waals surface area contributed by atoms with Crippen molar-refractivity contribution in [3.05, 3.63) is 64.4 Å². The normalized spacial score (nSPS) is 20.7. The third-order valence-corrected chi connectivity index (χ3v) is 5.24. The summed E-state index contributed by atoms with van der Waals surface area (Å²) < 4.78 is 13.1. The molecule has 138 valence electrons. The van der Waals surface area contributed by atoms with Gasteiger partial charge in [-0.25, -0.2) is 9.18 Å². The summed E-state index contributed by atoms with van der Waals surface area (Å²) in [6.07, 6.45) is 1.13. The van der Waals surface area contributed by atoms with Gasteiger partial charge in [-0.15, -0.1) is 0 Å². The molecule has 1 atom stereocenters. The van der Waals surface area contributed by atoms with Gasteiger partial charge < -0.3 is 10.6 Å². The van der Waals surface area contributed by atoms with E-state index in [0.717, 1.165) is 28.2 Å². The molecule has 0 saturated carbocycles. The first kappa shape index (κ1) is 17.5. The van der Waals surface area contributed by atoms with Gasteiger partial charge in [0.15, 0.2) is 0 Å². The summed E-state index contributed by atoms with van der Waals surface area (Å²) >= 11 is 5.89. The van der Waals surface area contributed by atoms with E-state index in [1.54, 1.807) is 0 Å². The van der Waals surface area contributed by atoms with E-state index in [1.165, 1.54) is 6.07 Å². The van der Waals surface area contributed by atoms with E-state index in [4.69, 9.17) is 11.6 Å². The van der Waals surface area contributed by atoms with Crippen molar-refractivity contribution in [1.29, 1.82) is 0 Å². The molecule has 0 radical (unpaired) electrons. The molecule has 1 aliphatic heterocycles. The number of halogens is 2. The number of urea groups is 1. The maximum Gasteiger partial charge on any atom is 0.325 e. The van der Waals surface area contributed by atoms with Gasteiger partial charge >= 0.3 is 6.03 Å². The second-order valence-electron chi connectivity index (χ2n) is 6.56. The summed E-state index contributed by atoms with van der Waals surface area (Å²) in [6, 6.07) is 10.4. The molecule has 4 amide bonds. The maximum atomic E-state index is 13.1. The Labute approximate surface area is 159 Å². The van der Waals surface area contributed by atoms with Gasteiger partial charge in [0.05, 0.1) is 10.7 Å². The summed E-state index contributed by atoms with van der Waals surface area (Å²) in [5, 5.41) is 5.28. The summed E-state index contributed by atoms with van der Waals surface area (Å²) in [7, 11) is 0.